The number of thiophene rings is 1. The maximum atomic E-state index is 13.6. The number of thiocarbonyl (C=S) groups is 1. The second-order valence-electron chi connectivity index (χ2n) is 9.20. The molecule has 1 aliphatic rings. The van der Waals surface area contributed by atoms with E-state index < -0.39 is 35.0 Å². The number of ether oxygens (including phenoxy) is 1. The van der Waals surface area contributed by atoms with E-state index in [9.17, 15) is 31.9 Å². The number of alkyl halides is 3. The normalized spacial score (nSPS) is 15.3. The fraction of sp³-hybridized carbons (Fsp3) is 0.360. The minimum Gasteiger partial charge on any atom is -0.460 e. The van der Waals surface area contributed by atoms with Gasteiger partial charge in [-0.3, -0.25) is 19.3 Å². The molecule has 1 aromatic carbocycles. The Kier molecular flexibility index (Phi) is 9.37. The van der Waals surface area contributed by atoms with Crippen LogP contribution in [0.4, 0.5) is 17.6 Å². The van der Waals surface area contributed by atoms with Gasteiger partial charge < -0.3 is 10.1 Å². The Hall–Kier alpha value is -2.77. The second-order valence-corrected chi connectivity index (χ2v) is 11.8. The largest absolute Gasteiger partial charge is 0.460 e. The first-order valence-corrected chi connectivity index (χ1v) is 13.4. The molecule has 0 spiro atoms. The third-order valence-electron chi connectivity index (χ3n) is 5.01. The zero-order valence-electron chi connectivity index (χ0n) is 20.6. The topological polar surface area (TPSA) is 75.7 Å². The average Bonchev–Trinajstić information content (AvgIpc) is 3.35. The molecule has 13 heteroatoms. The molecule has 204 valence electrons. The molecule has 38 heavy (non-hydrogen) atoms. The highest BCUT2D eigenvalue weighted by Crippen LogP contribution is 2.37. The molecule has 2 aromatic rings. The fourth-order valence-corrected chi connectivity index (χ4v) is 5.54. The minimum absolute atomic E-state index is 0.0189. The van der Waals surface area contributed by atoms with E-state index in [-0.39, 0.29) is 41.7 Å². The van der Waals surface area contributed by atoms with Gasteiger partial charge in [-0.25, -0.2) is 4.39 Å². The van der Waals surface area contributed by atoms with E-state index >= 15 is 0 Å². The van der Waals surface area contributed by atoms with E-state index in [1.54, 1.807) is 38.3 Å². The number of nitrogens with one attached hydrogen (secondary N) is 1. The molecule has 6 nitrogen and oxygen atoms in total. The Balaban J connectivity index is 1.58. The Morgan fingerprint density at radius 3 is 2.50 bits per heavy atom. The van der Waals surface area contributed by atoms with E-state index in [2.05, 4.69) is 5.32 Å². The predicted octanol–water partition coefficient (Wildman–Crippen LogP) is 6.01. The SMILES string of the molecule is CC(C)(C)OC(=O)CCNC(=O)CCN1C(=O)/C(=C/c2cc(-c3ccc(F)c(C(F)(F)F)c3)cs2)SC1=S. The van der Waals surface area contributed by atoms with Gasteiger partial charge in [0, 0.05) is 24.4 Å². The highest BCUT2D eigenvalue weighted by Gasteiger charge is 2.35. The van der Waals surface area contributed by atoms with E-state index in [4.69, 9.17) is 17.0 Å². The van der Waals surface area contributed by atoms with Gasteiger partial charge in [0.2, 0.25) is 5.91 Å². The number of benzene rings is 1. The summed E-state index contributed by atoms with van der Waals surface area (Å²) >= 11 is 7.53. The number of carbonyl (C=O) groups excluding carboxylic acids is 3. The van der Waals surface area contributed by atoms with Crippen LogP contribution in [0.25, 0.3) is 17.2 Å². The van der Waals surface area contributed by atoms with Crippen LogP contribution in [0, 0.1) is 5.82 Å². The first-order valence-electron chi connectivity index (χ1n) is 11.3. The number of amides is 2. The third-order valence-corrected chi connectivity index (χ3v) is 7.26. The molecule has 1 saturated heterocycles. The molecule has 0 atom stereocenters. The Morgan fingerprint density at radius 1 is 1.13 bits per heavy atom. The summed E-state index contributed by atoms with van der Waals surface area (Å²) in [6.07, 6.45) is -3.25. The molecule has 0 unspecified atom stereocenters. The zero-order chi connectivity index (χ0) is 28.3. The molecular formula is C25H24F4N2O4S3. The monoisotopic (exact) mass is 588 g/mol. The van der Waals surface area contributed by atoms with E-state index in [1.165, 1.54) is 22.3 Å². The van der Waals surface area contributed by atoms with E-state index in [0.29, 0.717) is 15.3 Å². The first kappa shape index (κ1) is 29.8. The Labute approximate surface area is 230 Å². The fourth-order valence-electron chi connectivity index (χ4n) is 3.32. The van der Waals surface area contributed by atoms with Gasteiger partial charge in [-0.15, -0.1) is 11.3 Å². The van der Waals surface area contributed by atoms with Crippen LogP contribution >= 0.6 is 35.3 Å². The maximum Gasteiger partial charge on any atom is 0.419 e. The van der Waals surface area contributed by atoms with Gasteiger partial charge in [0.25, 0.3) is 5.91 Å². The lowest BCUT2D eigenvalue weighted by molar-refractivity contribution is -0.154. The van der Waals surface area contributed by atoms with Crippen LogP contribution in [0.1, 0.15) is 44.1 Å². The lowest BCUT2D eigenvalue weighted by atomic mass is 10.0. The van der Waals surface area contributed by atoms with Crippen molar-refractivity contribution in [3.63, 3.8) is 0 Å². The Bertz CT molecular complexity index is 1280. The van der Waals surface area contributed by atoms with Crippen molar-refractivity contribution in [3.8, 4) is 11.1 Å². The third kappa shape index (κ3) is 8.11. The molecule has 0 aliphatic carbocycles. The van der Waals surface area contributed by atoms with Crippen LogP contribution in [-0.4, -0.2) is 45.7 Å². The first-order chi connectivity index (χ1) is 17.6. The van der Waals surface area contributed by atoms with Crippen molar-refractivity contribution in [2.75, 3.05) is 13.1 Å². The van der Waals surface area contributed by atoms with E-state index in [1.807, 2.05) is 0 Å². The van der Waals surface area contributed by atoms with Crippen LogP contribution in [0.15, 0.2) is 34.6 Å². The van der Waals surface area contributed by atoms with Crippen molar-refractivity contribution >= 4 is 63.5 Å². The summed E-state index contributed by atoms with van der Waals surface area (Å²) in [5, 5.41) is 4.22. The van der Waals surface area contributed by atoms with Crippen LogP contribution < -0.4 is 5.32 Å². The number of halogens is 4. The Morgan fingerprint density at radius 2 is 1.84 bits per heavy atom. The number of rotatable bonds is 8. The number of thioether (sulfide) groups is 1. The molecule has 0 bridgehead atoms. The smallest absolute Gasteiger partial charge is 0.419 e. The second kappa shape index (κ2) is 12.0. The van der Waals surface area contributed by atoms with Gasteiger partial charge in [0.1, 0.15) is 15.7 Å². The van der Waals surface area contributed by atoms with Crippen LogP contribution in [-0.2, 0) is 25.3 Å². The molecule has 3 rings (SSSR count). The highest BCUT2D eigenvalue weighted by atomic mass is 32.2. The van der Waals surface area contributed by atoms with Crippen molar-refractivity contribution in [2.45, 2.75) is 45.4 Å². The molecule has 1 fully saturated rings. The van der Waals surface area contributed by atoms with Gasteiger partial charge in [-0.1, -0.05) is 30.0 Å². The van der Waals surface area contributed by atoms with Crippen molar-refractivity contribution in [1.82, 2.24) is 10.2 Å². The summed E-state index contributed by atoms with van der Waals surface area (Å²) in [5.41, 5.74) is -1.32. The van der Waals surface area contributed by atoms with Gasteiger partial charge in [-0.05, 0) is 61.6 Å². The van der Waals surface area contributed by atoms with Gasteiger partial charge in [0.05, 0.1) is 16.9 Å². The molecule has 0 saturated carbocycles. The van der Waals surface area contributed by atoms with Gasteiger partial charge in [0.15, 0.2) is 0 Å². The lowest BCUT2D eigenvalue weighted by Crippen LogP contribution is -2.34. The number of nitrogens with zero attached hydrogens (tertiary/aromatic N) is 1. The van der Waals surface area contributed by atoms with Crippen LogP contribution in [0.2, 0.25) is 0 Å². The quantitative estimate of drug-likeness (QED) is 0.176. The summed E-state index contributed by atoms with van der Waals surface area (Å²) in [6, 6.07) is 4.38. The number of esters is 1. The molecule has 1 aromatic heterocycles. The molecule has 1 aliphatic heterocycles. The summed E-state index contributed by atoms with van der Waals surface area (Å²) in [5.74, 6) is -2.53. The van der Waals surface area contributed by atoms with Crippen molar-refractivity contribution in [2.24, 2.45) is 0 Å². The van der Waals surface area contributed by atoms with Crippen molar-refractivity contribution in [1.29, 1.82) is 0 Å². The molecule has 1 N–H and O–H groups in total. The highest BCUT2D eigenvalue weighted by molar-refractivity contribution is 8.26. The lowest BCUT2D eigenvalue weighted by Gasteiger charge is -2.19. The standard InChI is InChI=1S/C25H24F4N2O4S3/c1-24(2,3)35-21(33)6-8-30-20(32)7-9-31-22(34)19(38-23(31)36)12-16-10-15(13-37-16)14-4-5-18(26)17(11-14)25(27,28)29/h4-5,10-13H,6-9H2,1-3H3,(H,30,32)/b19-12-. The molecule has 2 amide bonds. The van der Waals surface area contributed by atoms with Gasteiger partial charge in [-0.2, -0.15) is 13.2 Å². The molecule has 2 heterocycles. The van der Waals surface area contributed by atoms with E-state index in [0.717, 1.165) is 23.9 Å². The molecular weight excluding hydrogens is 564 g/mol. The van der Waals surface area contributed by atoms with Crippen LogP contribution in [0.3, 0.4) is 0 Å². The summed E-state index contributed by atoms with van der Waals surface area (Å²) in [6.45, 7) is 5.39. The zero-order valence-corrected chi connectivity index (χ0v) is 23.1. The minimum atomic E-state index is -4.82. The van der Waals surface area contributed by atoms with Crippen molar-refractivity contribution < 1.29 is 36.7 Å². The predicted molar refractivity (Wildman–Crippen MR) is 143 cm³/mol. The van der Waals surface area contributed by atoms with Crippen molar-refractivity contribution in [3.05, 3.63) is 50.8 Å². The summed E-state index contributed by atoms with van der Waals surface area (Å²) in [4.78, 5) is 38.9. The summed E-state index contributed by atoms with van der Waals surface area (Å²) < 4.78 is 58.2. The molecule has 0 radical (unpaired) electrons. The average molecular weight is 589 g/mol. The number of carbonyl (C=O) groups is 3. The number of hydrogen-bond donors (Lipinski definition) is 1. The maximum absolute atomic E-state index is 13.6. The summed E-state index contributed by atoms with van der Waals surface area (Å²) in [7, 11) is 0. The van der Waals surface area contributed by atoms with Gasteiger partial charge >= 0.3 is 12.1 Å². The number of hydrogen-bond acceptors (Lipinski definition) is 7. The van der Waals surface area contributed by atoms with Crippen LogP contribution in [0.5, 0.6) is 0 Å².